The van der Waals surface area contributed by atoms with Crippen LogP contribution in [0, 0.1) is 36.0 Å². The Kier molecular flexibility index (Phi) is 8.89. The molecular weight excluding hydrogens is 533 g/mol. The number of halogens is 7. The fraction of sp³-hybridized carbons (Fsp3) is 0.0625. The lowest BCUT2D eigenvalue weighted by atomic mass is 9.97. The molecule has 0 heterocycles. The highest BCUT2D eigenvalue weighted by Crippen LogP contribution is 2.30. The van der Waals surface area contributed by atoms with Gasteiger partial charge in [0.05, 0.1) is 0 Å². The number of aryl methyl sites for hydroxylation is 1. The molecule has 0 spiro atoms. The minimum atomic E-state index is -1.65. The van der Waals surface area contributed by atoms with Gasteiger partial charge in [0, 0.05) is 27.8 Å². The van der Waals surface area contributed by atoms with E-state index in [-0.39, 0.29) is 11.1 Å². The molecule has 5 rings (SSSR count). The van der Waals surface area contributed by atoms with Crippen LogP contribution in [0.1, 0.15) is 11.1 Å². The average molecular weight is 555 g/mol. The summed E-state index contributed by atoms with van der Waals surface area (Å²) in [6.45, 7) is 1.17. The fourth-order valence-corrected chi connectivity index (χ4v) is 3.93. The zero-order chi connectivity index (χ0) is 28.8. The van der Waals surface area contributed by atoms with Gasteiger partial charge < -0.3 is 0 Å². The summed E-state index contributed by atoms with van der Waals surface area (Å²) in [6.07, 6.45) is 0. The van der Waals surface area contributed by atoms with Crippen molar-refractivity contribution in [3.63, 3.8) is 0 Å². The lowest BCUT2D eigenvalue weighted by Gasteiger charge is -2.09. The molecule has 0 saturated carbocycles. The Labute approximate surface area is 226 Å². The van der Waals surface area contributed by atoms with Crippen LogP contribution >= 0.6 is 0 Å². The van der Waals surface area contributed by atoms with E-state index in [1.54, 1.807) is 12.1 Å². The summed E-state index contributed by atoms with van der Waals surface area (Å²) < 4.78 is 89.0. The first-order valence-electron chi connectivity index (χ1n) is 11.9. The van der Waals surface area contributed by atoms with Gasteiger partial charge in [0.1, 0.15) is 18.3 Å². The molecule has 8 heteroatoms. The Balaban J connectivity index is 0.000000283. The van der Waals surface area contributed by atoms with Gasteiger partial charge in [-0.3, -0.25) is 4.94 Å². The van der Waals surface area contributed by atoms with Crippen LogP contribution < -0.4 is 4.94 Å². The lowest BCUT2D eigenvalue weighted by Crippen LogP contribution is -1.91. The van der Waals surface area contributed by atoms with Gasteiger partial charge in [-0.15, -0.1) is 0 Å². The molecule has 0 aromatic heterocycles. The van der Waals surface area contributed by atoms with E-state index in [9.17, 15) is 30.9 Å². The second-order valence-electron chi connectivity index (χ2n) is 8.86. The van der Waals surface area contributed by atoms with Gasteiger partial charge in [0.2, 0.25) is 0 Å². The third kappa shape index (κ3) is 6.51. The monoisotopic (exact) mass is 554 g/mol. The van der Waals surface area contributed by atoms with E-state index in [0.29, 0.717) is 17.7 Å². The van der Waals surface area contributed by atoms with E-state index < -0.39 is 41.5 Å². The van der Waals surface area contributed by atoms with E-state index in [1.807, 2.05) is 24.3 Å². The highest BCUT2D eigenvalue weighted by Gasteiger charge is 2.12. The van der Waals surface area contributed by atoms with E-state index in [0.717, 1.165) is 22.3 Å². The Hall–Kier alpha value is -4.59. The van der Waals surface area contributed by atoms with Crippen molar-refractivity contribution in [2.75, 3.05) is 0 Å². The molecule has 204 valence electrons. The topological polar surface area (TPSA) is 9.23 Å². The number of alkyl halides is 1. The molecule has 0 aliphatic heterocycles. The average Bonchev–Trinajstić information content (AvgIpc) is 2.96. The summed E-state index contributed by atoms with van der Waals surface area (Å²) in [5, 5.41) is 0. The standard InChI is InChI=1S/C26H19F3.C6H2F4O/c1-17-2-4-18(5-3-17)19-6-8-20(9-7-19)21-12-13-24(26(29)14-21)22-10-11-23(16-27)25(28)15-22;7-4-1-3(11-10)2-5(8)6(4)9/h2-15H,16H2,1H3;1-2H. The zero-order valence-electron chi connectivity index (χ0n) is 21.0. The summed E-state index contributed by atoms with van der Waals surface area (Å²) in [5.74, 6) is -6.44. The van der Waals surface area contributed by atoms with Gasteiger partial charge >= 0.3 is 0 Å². The molecule has 0 radical (unpaired) electrons. The van der Waals surface area contributed by atoms with Crippen molar-refractivity contribution >= 4 is 0 Å². The summed E-state index contributed by atoms with van der Waals surface area (Å²) in [5.41, 5.74) is 5.71. The van der Waals surface area contributed by atoms with E-state index >= 15 is 0 Å². The highest BCUT2D eigenvalue weighted by atomic mass is 19.3. The van der Waals surface area contributed by atoms with Crippen LogP contribution in [-0.4, -0.2) is 0 Å². The van der Waals surface area contributed by atoms with Crippen LogP contribution in [0.2, 0.25) is 0 Å². The molecule has 0 atom stereocenters. The van der Waals surface area contributed by atoms with Crippen molar-refractivity contribution < 1.29 is 35.8 Å². The van der Waals surface area contributed by atoms with Gasteiger partial charge in [-0.25, -0.2) is 26.3 Å². The third-order valence-electron chi connectivity index (χ3n) is 6.13. The van der Waals surface area contributed by atoms with Crippen molar-refractivity contribution in [1.29, 1.82) is 0 Å². The van der Waals surface area contributed by atoms with Crippen LogP contribution in [-0.2, 0) is 6.67 Å². The molecule has 0 aliphatic carbocycles. The molecule has 40 heavy (non-hydrogen) atoms. The van der Waals surface area contributed by atoms with E-state index in [4.69, 9.17) is 0 Å². The Bertz CT molecular complexity index is 1590. The summed E-state index contributed by atoms with van der Waals surface area (Å²) in [4.78, 5) is 2.98. The summed E-state index contributed by atoms with van der Waals surface area (Å²) >= 11 is 0. The SMILES string of the molecule is Cc1ccc(-c2ccc(-c3ccc(-c4ccc(CF)c(F)c4)c(F)c3)cc2)cc1.FOc1cc(F)c(F)c(F)c1. The Morgan fingerprint density at radius 1 is 0.525 bits per heavy atom. The van der Waals surface area contributed by atoms with Crippen LogP contribution in [0.4, 0.5) is 30.9 Å². The second kappa shape index (κ2) is 12.5. The van der Waals surface area contributed by atoms with Crippen molar-refractivity contribution in [2.24, 2.45) is 0 Å². The fourth-order valence-electron chi connectivity index (χ4n) is 3.93. The van der Waals surface area contributed by atoms with Crippen molar-refractivity contribution in [1.82, 2.24) is 0 Å². The first-order chi connectivity index (χ1) is 19.2. The maximum absolute atomic E-state index is 14.7. The van der Waals surface area contributed by atoms with Gasteiger partial charge in [-0.05, 0) is 46.9 Å². The van der Waals surface area contributed by atoms with Gasteiger partial charge in [0.25, 0.3) is 0 Å². The number of rotatable bonds is 5. The molecule has 0 N–H and O–H groups in total. The Morgan fingerprint density at radius 3 is 1.50 bits per heavy atom. The van der Waals surface area contributed by atoms with Crippen molar-refractivity contribution in [3.8, 4) is 39.1 Å². The minimum absolute atomic E-state index is 0.0283. The zero-order valence-corrected chi connectivity index (χ0v) is 21.0. The molecular formula is C32H21F7O. The first-order valence-corrected chi connectivity index (χ1v) is 11.9. The molecule has 1 nitrogen and oxygen atoms in total. The van der Waals surface area contributed by atoms with Gasteiger partial charge in [-0.1, -0.05) is 78.4 Å². The summed E-state index contributed by atoms with van der Waals surface area (Å²) in [6, 6.07) is 26.0. The number of benzene rings is 5. The second-order valence-corrected chi connectivity index (χ2v) is 8.86. The predicted molar refractivity (Wildman–Crippen MR) is 140 cm³/mol. The van der Waals surface area contributed by atoms with Crippen LogP contribution in [0.3, 0.4) is 0 Å². The highest BCUT2D eigenvalue weighted by molar-refractivity contribution is 5.74. The molecule has 0 bridgehead atoms. The molecule has 0 saturated heterocycles. The maximum atomic E-state index is 14.7. The predicted octanol–water partition coefficient (Wildman–Crippen LogP) is 10.1. The molecule has 0 unspecified atom stereocenters. The molecule has 0 amide bonds. The lowest BCUT2D eigenvalue weighted by molar-refractivity contribution is -0.00711. The normalized spacial score (nSPS) is 10.6. The van der Waals surface area contributed by atoms with Crippen LogP contribution in [0.5, 0.6) is 5.75 Å². The van der Waals surface area contributed by atoms with Crippen LogP contribution in [0.25, 0.3) is 33.4 Å². The van der Waals surface area contributed by atoms with Crippen molar-refractivity contribution in [3.05, 3.63) is 137 Å². The molecule has 5 aromatic carbocycles. The smallest absolute Gasteiger partial charge is 0.194 e. The number of hydrogen-bond acceptors (Lipinski definition) is 1. The van der Waals surface area contributed by atoms with Crippen LogP contribution in [0.15, 0.2) is 97.1 Å². The van der Waals surface area contributed by atoms with E-state index in [1.165, 1.54) is 29.8 Å². The van der Waals surface area contributed by atoms with E-state index in [2.05, 4.69) is 36.1 Å². The minimum Gasteiger partial charge on any atom is -0.294 e. The molecule has 0 aliphatic rings. The van der Waals surface area contributed by atoms with Gasteiger partial charge in [0.15, 0.2) is 23.2 Å². The Morgan fingerprint density at radius 2 is 1.00 bits per heavy atom. The van der Waals surface area contributed by atoms with Gasteiger partial charge in [-0.2, -0.15) is 0 Å². The summed E-state index contributed by atoms with van der Waals surface area (Å²) in [7, 11) is 0. The first kappa shape index (κ1) is 28.4. The largest absolute Gasteiger partial charge is 0.294 e. The number of hydrogen-bond donors (Lipinski definition) is 0. The third-order valence-corrected chi connectivity index (χ3v) is 6.13. The maximum Gasteiger partial charge on any atom is 0.194 e. The quantitative estimate of drug-likeness (QED) is 0.155. The molecule has 0 fully saturated rings. The molecule has 5 aromatic rings. The van der Waals surface area contributed by atoms with Crippen molar-refractivity contribution in [2.45, 2.75) is 13.6 Å².